The molecule has 1 aliphatic rings. The highest BCUT2D eigenvalue weighted by molar-refractivity contribution is 7.09. The predicted octanol–water partition coefficient (Wildman–Crippen LogP) is 3.16. The molecule has 1 atom stereocenters. The Bertz CT molecular complexity index is 656. The van der Waals surface area contributed by atoms with Crippen LogP contribution in [0.25, 0.3) is 0 Å². The number of rotatable bonds is 3. The number of carbonyl (C=O) groups excluding carboxylic acids is 1. The molecule has 6 heteroatoms. The molecule has 1 aromatic carbocycles. The molecule has 2 heterocycles. The van der Waals surface area contributed by atoms with Crippen molar-refractivity contribution in [3.63, 3.8) is 0 Å². The van der Waals surface area contributed by atoms with E-state index in [0.717, 1.165) is 34.9 Å². The number of hydrogen-bond donors (Lipinski definition) is 2. The van der Waals surface area contributed by atoms with E-state index in [0.29, 0.717) is 13.2 Å². The number of para-hydroxylation sites is 1. The Morgan fingerprint density at radius 2 is 2.32 bits per heavy atom. The Kier molecular flexibility index (Phi) is 4.58. The number of ether oxygens (including phenoxy) is 1. The van der Waals surface area contributed by atoms with Gasteiger partial charge in [0.15, 0.2) is 0 Å². The van der Waals surface area contributed by atoms with Gasteiger partial charge in [-0.05, 0) is 25.8 Å². The van der Waals surface area contributed by atoms with Crippen molar-refractivity contribution in [1.29, 1.82) is 0 Å². The molecule has 3 rings (SSSR count). The number of aryl methyl sites for hydroxylation is 1. The van der Waals surface area contributed by atoms with Crippen molar-refractivity contribution in [3.8, 4) is 5.75 Å². The lowest BCUT2D eigenvalue weighted by Gasteiger charge is -2.18. The molecule has 2 aromatic rings. The summed E-state index contributed by atoms with van der Waals surface area (Å²) in [7, 11) is 0. The summed E-state index contributed by atoms with van der Waals surface area (Å²) >= 11 is 1.56. The number of urea groups is 1. The summed E-state index contributed by atoms with van der Waals surface area (Å²) in [4.78, 5) is 16.5. The van der Waals surface area contributed by atoms with E-state index in [-0.39, 0.29) is 12.1 Å². The Balaban J connectivity index is 1.61. The van der Waals surface area contributed by atoms with Crippen molar-refractivity contribution >= 4 is 17.4 Å². The van der Waals surface area contributed by atoms with E-state index < -0.39 is 0 Å². The second-order valence-electron chi connectivity index (χ2n) is 5.29. The largest absolute Gasteiger partial charge is 0.493 e. The van der Waals surface area contributed by atoms with E-state index >= 15 is 0 Å². The zero-order chi connectivity index (χ0) is 15.4. The highest BCUT2D eigenvalue weighted by Gasteiger charge is 2.21. The molecule has 116 valence electrons. The number of amides is 2. The Labute approximate surface area is 133 Å². The van der Waals surface area contributed by atoms with Crippen LogP contribution in [-0.4, -0.2) is 17.6 Å². The summed E-state index contributed by atoms with van der Waals surface area (Å²) in [6.45, 7) is 3.09. The zero-order valence-electron chi connectivity index (χ0n) is 12.5. The molecule has 1 aliphatic heterocycles. The van der Waals surface area contributed by atoms with Crippen molar-refractivity contribution in [3.05, 3.63) is 45.9 Å². The molecule has 2 amide bonds. The summed E-state index contributed by atoms with van der Waals surface area (Å²) < 4.78 is 5.71. The highest BCUT2D eigenvalue weighted by Crippen LogP contribution is 2.30. The number of fused-ring (bicyclic) bond motifs is 1. The van der Waals surface area contributed by atoms with E-state index in [9.17, 15) is 4.79 Å². The third-order valence-electron chi connectivity index (χ3n) is 3.56. The second kappa shape index (κ2) is 6.79. The summed E-state index contributed by atoms with van der Waals surface area (Å²) in [5, 5.41) is 8.80. The third kappa shape index (κ3) is 3.57. The van der Waals surface area contributed by atoms with Crippen molar-refractivity contribution in [2.75, 3.05) is 6.61 Å². The molecule has 0 saturated carbocycles. The monoisotopic (exact) mass is 317 g/mol. The lowest BCUT2D eigenvalue weighted by Crippen LogP contribution is -2.37. The minimum atomic E-state index is -0.172. The van der Waals surface area contributed by atoms with Crippen LogP contribution >= 0.6 is 11.3 Å². The third-order valence-corrected chi connectivity index (χ3v) is 4.53. The molecular weight excluding hydrogens is 298 g/mol. The van der Waals surface area contributed by atoms with Gasteiger partial charge in [-0.2, -0.15) is 0 Å². The van der Waals surface area contributed by atoms with Gasteiger partial charge >= 0.3 is 6.03 Å². The summed E-state index contributed by atoms with van der Waals surface area (Å²) in [5.74, 6) is 0.862. The number of aromatic nitrogens is 1. The lowest BCUT2D eigenvalue weighted by atomic mass is 10.0. The first-order valence-corrected chi connectivity index (χ1v) is 8.27. The fraction of sp³-hybridized carbons (Fsp3) is 0.375. The average Bonchev–Trinajstić information content (AvgIpc) is 2.83. The van der Waals surface area contributed by atoms with Gasteiger partial charge in [0.1, 0.15) is 10.8 Å². The fourth-order valence-corrected chi connectivity index (χ4v) is 3.24. The average molecular weight is 317 g/mol. The number of benzene rings is 1. The summed E-state index contributed by atoms with van der Waals surface area (Å²) in [6.07, 6.45) is 1.80. The minimum Gasteiger partial charge on any atom is -0.493 e. The van der Waals surface area contributed by atoms with Gasteiger partial charge in [-0.25, -0.2) is 9.78 Å². The molecule has 0 bridgehead atoms. The first-order valence-electron chi connectivity index (χ1n) is 7.39. The number of thiazole rings is 1. The molecule has 0 spiro atoms. The Hall–Kier alpha value is -2.08. The first kappa shape index (κ1) is 14.8. The second-order valence-corrected chi connectivity index (χ2v) is 6.23. The summed E-state index contributed by atoms with van der Waals surface area (Å²) in [6, 6.07) is 7.69. The normalized spacial score (nSPS) is 17.0. The van der Waals surface area contributed by atoms with Crippen LogP contribution in [0.2, 0.25) is 0 Å². The van der Waals surface area contributed by atoms with E-state index in [1.54, 1.807) is 11.3 Å². The number of hydrogen-bond acceptors (Lipinski definition) is 4. The maximum Gasteiger partial charge on any atom is 0.315 e. The van der Waals surface area contributed by atoms with Gasteiger partial charge in [0, 0.05) is 16.6 Å². The quantitative estimate of drug-likeness (QED) is 0.914. The molecule has 0 aliphatic carbocycles. The maximum absolute atomic E-state index is 12.1. The van der Waals surface area contributed by atoms with Crippen LogP contribution < -0.4 is 15.4 Å². The standard InChI is InChI=1S/C16H19N3O2S/c1-11-10-22-15(18-11)9-17-16(20)19-13-6-4-8-21-14-7-3-2-5-12(13)14/h2-3,5,7,10,13H,4,6,8-9H2,1H3,(H2,17,19,20)/t13-/m1/s1. The molecular formula is C16H19N3O2S. The molecule has 0 radical (unpaired) electrons. The van der Waals surface area contributed by atoms with Gasteiger partial charge in [0.05, 0.1) is 19.2 Å². The van der Waals surface area contributed by atoms with Crippen molar-refractivity contribution in [2.45, 2.75) is 32.4 Å². The first-order chi connectivity index (χ1) is 10.7. The van der Waals surface area contributed by atoms with Gasteiger partial charge in [-0.15, -0.1) is 11.3 Å². The number of carbonyl (C=O) groups is 1. The number of nitrogens with zero attached hydrogens (tertiary/aromatic N) is 1. The fourth-order valence-electron chi connectivity index (χ4n) is 2.52. The van der Waals surface area contributed by atoms with Crippen LogP contribution in [-0.2, 0) is 6.54 Å². The van der Waals surface area contributed by atoms with Gasteiger partial charge < -0.3 is 15.4 Å². The molecule has 5 nitrogen and oxygen atoms in total. The van der Waals surface area contributed by atoms with Crippen LogP contribution in [0, 0.1) is 6.92 Å². The predicted molar refractivity (Wildman–Crippen MR) is 86.1 cm³/mol. The molecule has 1 aromatic heterocycles. The molecule has 22 heavy (non-hydrogen) atoms. The highest BCUT2D eigenvalue weighted by atomic mass is 32.1. The van der Waals surface area contributed by atoms with E-state index in [1.807, 2.05) is 36.6 Å². The van der Waals surface area contributed by atoms with Crippen LogP contribution in [0.4, 0.5) is 4.79 Å². The van der Waals surface area contributed by atoms with Gasteiger partial charge in [0.25, 0.3) is 0 Å². The van der Waals surface area contributed by atoms with Crippen LogP contribution in [0.5, 0.6) is 5.75 Å². The van der Waals surface area contributed by atoms with E-state index in [1.165, 1.54) is 0 Å². The van der Waals surface area contributed by atoms with Crippen LogP contribution in [0.3, 0.4) is 0 Å². The van der Waals surface area contributed by atoms with E-state index in [4.69, 9.17) is 4.74 Å². The molecule has 0 saturated heterocycles. The zero-order valence-corrected chi connectivity index (χ0v) is 13.3. The molecule has 0 unspecified atom stereocenters. The lowest BCUT2D eigenvalue weighted by molar-refractivity contribution is 0.236. The SMILES string of the molecule is Cc1csc(CNC(=O)N[C@@H]2CCCOc3ccccc32)n1. The van der Waals surface area contributed by atoms with Crippen molar-refractivity contribution in [1.82, 2.24) is 15.6 Å². The topological polar surface area (TPSA) is 63.2 Å². The van der Waals surface area contributed by atoms with Crippen molar-refractivity contribution < 1.29 is 9.53 Å². The van der Waals surface area contributed by atoms with Crippen LogP contribution in [0.1, 0.15) is 35.1 Å². The van der Waals surface area contributed by atoms with Gasteiger partial charge in [-0.3, -0.25) is 0 Å². The van der Waals surface area contributed by atoms with Crippen LogP contribution in [0.15, 0.2) is 29.6 Å². The molecule has 2 N–H and O–H groups in total. The number of nitrogens with one attached hydrogen (secondary N) is 2. The molecule has 0 fully saturated rings. The van der Waals surface area contributed by atoms with E-state index in [2.05, 4.69) is 15.6 Å². The maximum atomic E-state index is 12.1. The van der Waals surface area contributed by atoms with Gasteiger partial charge in [0.2, 0.25) is 0 Å². The Morgan fingerprint density at radius 1 is 1.45 bits per heavy atom. The minimum absolute atomic E-state index is 0.0169. The summed E-state index contributed by atoms with van der Waals surface area (Å²) in [5.41, 5.74) is 2.03. The van der Waals surface area contributed by atoms with Gasteiger partial charge in [-0.1, -0.05) is 18.2 Å². The smallest absolute Gasteiger partial charge is 0.315 e. The Morgan fingerprint density at radius 3 is 3.14 bits per heavy atom. The van der Waals surface area contributed by atoms with Crippen molar-refractivity contribution in [2.24, 2.45) is 0 Å².